The van der Waals surface area contributed by atoms with E-state index in [1.807, 2.05) is 17.0 Å². The fourth-order valence-electron chi connectivity index (χ4n) is 6.46. The van der Waals surface area contributed by atoms with Gasteiger partial charge in [0, 0.05) is 31.3 Å². The average Bonchev–Trinajstić information content (AvgIpc) is 4.02. The van der Waals surface area contributed by atoms with Gasteiger partial charge in [0.2, 0.25) is 5.91 Å². The number of rotatable bonds is 10. The highest BCUT2D eigenvalue weighted by Crippen LogP contribution is 2.46. The Kier molecular flexibility index (Phi) is 10.7. The Morgan fingerprint density at radius 1 is 0.962 bits per heavy atom. The topological polar surface area (TPSA) is 119 Å². The second-order valence-corrected chi connectivity index (χ2v) is 13.7. The van der Waals surface area contributed by atoms with Gasteiger partial charge in [0.15, 0.2) is 5.82 Å². The standard InChI is InChI=1S/C34H35F2N3O5.C3H3F3O2/c1-42-33(41)22-2-4-24(5-3-22)39-20-34(17-30(39)40)10-12-38(13-11-34)19-21-14-28(43-25-6-7-25)31(29(15-21)44-26-8-9-26)32-27(36)16-23(35)18-37-32;4-3(5,6)1-2(7)8/h2-5,14-16,18,25-26H,6-13,17,19-20H2,1H3;1H2,(H,7,8). The van der Waals surface area contributed by atoms with Gasteiger partial charge in [-0.3, -0.25) is 14.5 Å². The molecule has 2 aliphatic carbocycles. The summed E-state index contributed by atoms with van der Waals surface area (Å²) in [6.45, 7) is 2.97. The minimum Gasteiger partial charge on any atom is -0.490 e. The van der Waals surface area contributed by atoms with Crippen molar-refractivity contribution in [2.24, 2.45) is 5.41 Å². The molecular weight excluding hydrogens is 693 g/mol. The number of carboxylic acid groups (broad SMARTS) is 1. The molecule has 0 radical (unpaired) electrons. The van der Waals surface area contributed by atoms with Crippen molar-refractivity contribution in [3.05, 3.63) is 71.4 Å². The van der Waals surface area contributed by atoms with Crippen molar-refractivity contribution < 1.29 is 55.7 Å². The molecular formula is C37H38F5N3O7. The van der Waals surface area contributed by atoms with E-state index in [2.05, 4.69) is 9.88 Å². The number of carbonyl (C=O) groups is 3. The molecule has 0 atom stereocenters. The molecule has 4 aliphatic rings. The summed E-state index contributed by atoms with van der Waals surface area (Å²) in [6, 6.07) is 11.7. The predicted molar refractivity (Wildman–Crippen MR) is 177 cm³/mol. The second kappa shape index (κ2) is 15.1. The van der Waals surface area contributed by atoms with Crippen molar-refractivity contribution in [2.75, 3.05) is 31.6 Å². The Morgan fingerprint density at radius 2 is 1.56 bits per heavy atom. The summed E-state index contributed by atoms with van der Waals surface area (Å²) in [5, 5.41) is 7.53. The van der Waals surface area contributed by atoms with Gasteiger partial charge < -0.3 is 24.2 Å². The number of hydrogen-bond acceptors (Lipinski definition) is 8. The van der Waals surface area contributed by atoms with Crippen LogP contribution in [0.2, 0.25) is 0 Å². The number of benzene rings is 2. The molecule has 1 amide bonds. The first-order valence-corrected chi connectivity index (χ1v) is 17.0. The van der Waals surface area contributed by atoms with Crippen LogP contribution in [0, 0.1) is 17.0 Å². The highest BCUT2D eigenvalue weighted by atomic mass is 19.4. The number of likely N-dealkylation sites (tertiary alicyclic amines) is 1. The van der Waals surface area contributed by atoms with Crippen molar-refractivity contribution in [2.45, 2.75) is 76.3 Å². The van der Waals surface area contributed by atoms with Crippen LogP contribution in [0.1, 0.15) is 67.3 Å². The number of aliphatic carboxylic acids is 1. The van der Waals surface area contributed by atoms with Crippen LogP contribution in [0.15, 0.2) is 48.7 Å². The number of carbonyl (C=O) groups excluding carboxylic acids is 2. The molecule has 2 saturated heterocycles. The summed E-state index contributed by atoms with van der Waals surface area (Å²) in [5.41, 5.74) is 2.61. The number of ether oxygens (including phenoxy) is 3. The van der Waals surface area contributed by atoms with Gasteiger partial charge in [0.05, 0.1) is 36.6 Å². The second-order valence-electron chi connectivity index (χ2n) is 13.7. The van der Waals surface area contributed by atoms with Crippen LogP contribution >= 0.6 is 0 Å². The summed E-state index contributed by atoms with van der Waals surface area (Å²) >= 11 is 0. The Bertz CT molecular complexity index is 1770. The summed E-state index contributed by atoms with van der Waals surface area (Å²) in [6.07, 6.45) is 0.812. The number of piperidine rings is 1. The van der Waals surface area contributed by atoms with Crippen LogP contribution in [0.3, 0.4) is 0 Å². The monoisotopic (exact) mass is 731 g/mol. The van der Waals surface area contributed by atoms with E-state index in [0.717, 1.165) is 75.1 Å². The molecule has 3 aromatic rings. The third-order valence-electron chi connectivity index (χ3n) is 9.40. The SMILES string of the molecule is COC(=O)c1ccc(N2CC3(CCN(Cc4cc(OC5CC5)c(-c5ncc(F)cc5F)c(OC5CC5)c4)CC3)CC2=O)cc1.O=C(O)CC(F)(F)F. The van der Waals surface area contributed by atoms with E-state index >= 15 is 0 Å². The molecule has 0 unspecified atom stereocenters. The first-order valence-electron chi connectivity index (χ1n) is 17.0. The number of pyridine rings is 1. The molecule has 3 heterocycles. The summed E-state index contributed by atoms with van der Waals surface area (Å²) < 4.78 is 78.8. The Morgan fingerprint density at radius 3 is 2.04 bits per heavy atom. The molecule has 1 spiro atoms. The van der Waals surface area contributed by atoms with E-state index in [-0.39, 0.29) is 29.2 Å². The van der Waals surface area contributed by atoms with Gasteiger partial charge in [-0.25, -0.2) is 18.6 Å². The van der Waals surface area contributed by atoms with Gasteiger partial charge in [-0.15, -0.1) is 0 Å². The van der Waals surface area contributed by atoms with Gasteiger partial charge in [-0.1, -0.05) is 0 Å². The first-order chi connectivity index (χ1) is 24.7. The lowest BCUT2D eigenvalue weighted by Crippen LogP contribution is -2.41. The zero-order valence-electron chi connectivity index (χ0n) is 28.4. The number of carboxylic acids is 1. The molecule has 10 nitrogen and oxygen atoms in total. The largest absolute Gasteiger partial charge is 0.490 e. The maximum absolute atomic E-state index is 15.0. The maximum atomic E-state index is 15.0. The van der Waals surface area contributed by atoms with E-state index in [1.54, 1.807) is 24.3 Å². The van der Waals surface area contributed by atoms with Crippen molar-refractivity contribution in [3.63, 3.8) is 0 Å². The van der Waals surface area contributed by atoms with Crippen LogP contribution in [0.5, 0.6) is 11.5 Å². The molecule has 2 aliphatic heterocycles. The van der Waals surface area contributed by atoms with Gasteiger partial charge in [0.25, 0.3) is 0 Å². The molecule has 2 aromatic carbocycles. The maximum Gasteiger partial charge on any atom is 0.399 e. The number of methoxy groups -OCH3 is 1. The first kappa shape index (κ1) is 37.0. The van der Waals surface area contributed by atoms with Crippen LogP contribution in [-0.4, -0.2) is 78.0 Å². The molecule has 2 saturated carbocycles. The molecule has 1 aromatic heterocycles. The highest BCUT2D eigenvalue weighted by Gasteiger charge is 2.45. The number of amides is 1. The van der Waals surface area contributed by atoms with E-state index in [1.165, 1.54) is 7.11 Å². The normalized spacial score (nSPS) is 18.5. The summed E-state index contributed by atoms with van der Waals surface area (Å²) in [5.74, 6) is -2.60. The molecule has 4 fully saturated rings. The minimum absolute atomic E-state index is 0.0274. The number of nitrogens with zero attached hydrogens (tertiary/aromatic N) is 3. The van der Waals surface area contributed by atoms with Gasteiger partial charge in [-0.05, 0) is 99.0 Å². The molecule has 52 heavy (non-hydrogen) atoms. The quantitative estimate of drug-likeness (QED) is 0.175. The fourth-order valence-corrected chi connectivity index (χ4v) is 6.46. The lowest BCUT2D eigenvalue weighted by atomic mass is 9.77. The smallest absolute Gasteiger partial charge is 0.399 e. The highest BCUT2D eigenvalue weighted by molar-refractivity contribution is 5.97. The van der Waals surface area contributed by atoms with Crippen LogP contribution in [0.25, 0.3) is 11.3 Å². The number of alkyl halides is 3. The van der Waals surface area contributed by atoms with E-state index in [0.29, 0.717) is 42.1 Å². The van der Waals surface area contributed by atoms with Crippen molar-refractivity contribution >= 4 is 23.5 Å². The number of halogens is 5. The van der Waals surface area contributed by atoms with Gasteiger partial charge >= 0.3 is 18.1 Å². The van der Waals surface area contributed by atoms with Crippen LogP contribution in [0.4, 0.5) is 27.6 Å². The Hall–Kier alpha value is -4.79. The fraction of sp³-hybridized carbons (Fsp3) is 0.459. The molecule has 15 heteroatoms. The minimum atomic E-state index is -4.58. The number of esters is 1. The lowest BCUT2D eigenvalue weighted by Gasteiger charge is -2.39. The zero-order valence-corrected chi connectivity index (χ0v) is 28.4. The molecule has 278 valence electrons. The molecule has 7 rings (SSSR count). The molecule has 0 bridgehead atoms. The van der Waals surface area contributed by atoms with Gasteiger partial charge in [-0.2, -0.15) is 13.2 Å². The van der Waals surface area contributed by atoms with Gasteiger partial charge in [0.1, 0.15) is 29.4 Å². The van der Waals surface area contributed by atoms with Crippen molar-refractivity contribution in [1.82, 2.24) is 9.88 Å². The van der Waals surface area contributed by atoms with Crippen LogP contribution < -0.4 is 14.4 Å². The van der Waals surface area contributed by atoms with E-state index in [4.69, 9.17) is 19.3 Å². The Labute approximate surface area is 296 Å². The lowest BCUT2D eigenvalue weighted by molar-refractivity contribution is -0.166. The Balaban J connectivity index is 0.000000522. The zero-order chi connectivity index (χ0) is 37.2. The number of anilines is 1. The van der Waals surface area contributed by atoms with Crippen LogP contribution in [-0.2, 0) is 20.9 Å². The van der Waals surface area contributed by atoms with Crippen molar-refractivity contribution in [3.8, 4) is 22.8 Å². The number of aromatic nitrogens is 1. The third-order valence-corrected chi connectivity index (χ3v) is 9.40. The summed E-state index contributed by atoms with van der Waals surface area (Å²) in [7, 11) is 1.35. The van der Waals surface area contributed by atoms with E-state index in [9.17, 15) is 36.3 Å². The third kappa shape index (κ3) is 9.35. The average molecular weight is 732 g/mol. The van der Waals surface area contributed by atoms with Crippen molar-refractivity contribution in [1.29, 1.82) is 0 Å². The summed E-state index contributed by atoms with van der Waals surface area (Å²) in [4.78, 5) is 42.5. The predicted octanol–water partition coefficient (Wildman–Crippen LogP) is 6.94. The van der Waals surface area contributed by atoms with E-state index < -0.39 is 36.2 Å². The molecule has 1 N–H and O–H groups in total. The number of hydrogen-bond donors (Lipinski definition) is 1.